The summed E-state index contributed by atoms with van der Waals surface area (Å²) in [7, 11) is 0. The van der Waals surface area contributed by atoms with E-state index in [-0.39, 0.29) is 17.7 Å². The number of nitrogens with one attached hydrogen (secondary N) is 1. The van der Waals surface area contributed by atoms with Crippen LogP contribution in [0.5, 0.6) is 5.75 Å². The van der Waals surface area contributed by atoms with E-state index in [4.69, 9.17) is 9.84 Å². The first-order valence-corrected chi connectivity index (χ1v) is 11.8. The zero-order chi connectivity index (χ0) is 25.8. The largest absolute Gasteiger partial charge is 0.481 e. The number of aliphatic carboxylic acids is 1. The van der Waals surface area contributed by atoms with Crippen molar-refractivity contribution in [1.29, 1.82) is 0 Å². The molecule has 6 nitrogen and oxygen atoms in total. The summed E-state index contributed by atoms with van der Waals surface area (Å²) in [6.45, 7) is 7.38. The van der Waals surface area contributed by atoms with E-state index in [2.05, 4.69) is 5.32 Å². The number of hydrogen-bond acceptors (Lipinski definition) is 4. The van der Waals surface area contributed by atoms with Gasteiger partial charge in [0.25, 0.3) is 0 Å². The molecular formula is C29H33NO5. The van der Waals surface area contributed by atoms with Gasteiger partial charge in [0.2, 0.25) is 5.91 Å². The molecule has 3 aromatic rings. The highest BCUT2D eigenvalue weighted by Crippen LogP contribution is 2.23. The number of carboxylic acid groups (broad SMARTS) is 1. The monoisotopic (exact) mass is 475 g/mol. The predicted octanol–water partition coefficient (Wildman–Crippen LogP) is 6.67. The summed E-state index contributed by atoms with van der Waals surface area (Å²) in [5.41, 5.74) is 3.12. The molecule has 0 radical (unpaired) electrons. The third-order valence-electron chi connectivity index (χ3n) is 5.63. The molecule has 0 aliphatic heterocycles. The van der Waals surface area contributed by atoms with Crippen molar-refractivity contribution in [2.75, 3.05) is 5.32 Å². The number of carbonyl (C=O) groups excluding carboxylic acids is 2. The maximum atomic E-state index is 12.5. The molecule has 0 saturated heterocycles. The second-order valence-electron chi connectivity index (χ2n) is 8.31. The summed E-state index contributed by atoms with van der Waals surface area (Å²) in [5.74, 6) is -1.03. The maximum absolute atomic E-state index is 12.5. The average Bonchev–Trinajstić information content (AvgIpc) is 2.89. The summed E-state index contributed by atoms with van der Waals surface area (Å²) in [6, 6.07) is 24.1. The molecule has 0 aliphatic rings. The molecule has 1 amide bonds. The van der Waals surface area contributed by atoms with Gasteiger partial charge in [-0.05, 0) is 54.3 Å². The second-order valence-corrected chi connectivity index (χ2v) is 8.31. The van der Waals surface area contributed by atoms with Crippen molar-refractivity contribution >= 4 is 23.5 Å². The Labute approximate surface area is 207 Å². The van der Waals surface area contributed by atoms with Gasteiger partial charge in [0.05, 0.1) is 11.5 Å². The molecule has 3 aromatic carbocycles. The Balaban J connectivity index is 0.000000540. The first-order valence-electron chi connectivity index (χ1n) is 11.8. The molecule has 184 valence electrons. The van der Waals surface area contributed by atoms with Gasteiger partial charge in [-0.15, -0.1) is 0 Å². The summed E-state index contributed by atoms with van der Waals surface area (Å²) in [5, 5.41) is 11.0. The fourth-order valence-electron chi connectivity index (χ4n) is 2.86. The highest BCUT2D eigenvalue weighted by atomic mass is 16.5. The zero-order valence-corrected chi connectivity index (χ0v) is 20.7. The van der Waals surface area contributed by atoms with Gasteiger partial charge in [0.15, 0.2) is 0 Å². The van der Waals surface area contributed by atoms with Gasteiger partial charge < -0.3 is 15.2 Å². The van der Waals surface area contributed by atoms with Crippen molar-refractivity contribution in [1.82, 2.24) is 0 Å². The fraction of sp³-hybridized carbons (Fsp3) is 0.276. The minimum Gasteiger partial charge on any atom is -0.481 e. The van der Waals surface area contributed by atoms with Gasteiger partial charge in [0, 0.05) is 11.6 Å². The van der Waals surface area contributed by atoms with Gasteiger partial charge in [-0.3, -0.25) is 9.59 Å². The van der Waals surface area contributed by atoms with Crippen LogP contribution in [0.1, 0.15) is 50.9 Å². The Kier molecular flexibility index (Phi) is 10.7. The molecule has 0 spiro atoms. The van der Waals surface area contributed by atoms with Crippen LogP contribution in [-0.2, 0) is 9.59 Å². The van der Waals surface area contributed by atoms with Gasteiger partial charge in [-0.2, -0.15) is 0 Å². The van der Waals surface area contributed by atoms with Crippen molar-refractivity contribution in [2.24, 2.45) is 11.8 Å². The molecule has 3 rings (SSSR count). The lowest BCUT2D eigenvalue weighted by Crippen LogP contribution is -2.20. The summed E-state index contributed by atoms with van der Waals surface area (Å²) < 4.78 is 5.47. The van der Waals surface area contributed by atoms with Crippen LogP contribution in [0, 0.1) is 11.8 Å². The number of rotatable bonds is 8. The molecule has 2 unspecified atom stereocenters. The summed E-state index contributed by atoms with van der Waals surface area (Å²) in [4.78, 5) is 34.4. The molecule has 6 heteroatoms. The maximum Gasteiger partial charge on any atom is 0.343 e. The van der Waals surface area contributed by atoms with Crippen molar-refractivity contribution in [2.45, 2.75) is 40.5 Å². The van der Waals surface area contributed by atoms with Crippen LogP contribution in [0.25, 0.3) is 11.1 Å². The van der Waals surface area contributed by atoms with E-state index in [1.54, 1.807) is 43.3 Å². The fourth-order valence-corrected chi connectivity index (χ4v) is 2.86. The van der Waals surface area contributed by atoms with Gasteiger partial charge in [-0.1, -0.05) is 76.2 Å². The van der Waals surface area contributed by atoms with Crippen LogP contribution >= 0.6 is 0 Å². The number of carbonyl (C=O) groups is 3. The highest BCUT2D eigenvalue weighted by Gasteiger charge is 2.13. The van der Waals surface area contributed by atoms with E-state index in [0.29, 0.717) is 17.0 Å². The van der Waals surface area contributed by atoms with E-state index < -0.39 is 11.9 Å². The molecule has 0 heterocycles. The molecule has 2 N–H and O–H groups in total. The average molecular weight is 476 g/mol. The summed E-state index contributed by atoms with van der Waals surface area (Å²) in [6.07, 6.45) is 1.47. The molecule has 0 aliphatic carbocycles. The van der Waals surface area contributed by atoms with Crippen molar-refractivity contribution < 1.29 is 24.2 Å². The number of amides is 1. The third-order valence-corrected chi connectivity index (χ3v) is 5.63. The van der Waals surface area contributed by atoms with Crippen LogP contribution in [-0.4, -0.2) is 23.0 Å². The third kappa shape index (κ3) is 8.74. The van der Waals surface area contributed by atoms with Crippen LogP contribution in [0.3, 0.4) is 0 Å². The summed E-state index contributed by atoms with van der Waals surface area (Å²) >= 11 is 0. The van der Waals surface area contributed by atoms with E-state index in [1.807, 2.05) is 63.2 Å². The number of hydrogen-bond donors (Lipinski definition) is 2. The highest BCUT2D eigenvalue weighted by molar-refractivity contribution is 5.96. The lowest BCUT2D eigenvalue weighted by Gasteiger charge is -2.11. The molecule has 2 atom stereocenters. The minimum atomic E-state index is -0.706. The van der Waals surface area contributed by atoms with Crippen LogP contribution in [0.15, 0.2) is 78.9 Å². The zero-order valence-electron chi connectivity index (χ0n) is 20.7. The minimum absolute atomic E-state index is 0.0653. The van der Waals surface area contributed by atoms with Crippen LogP contribution in [0.2, 0.25) is 0 Å². The van der Waals surface area contributed by atoms with Crippen molar-refractivity contribution in [3.8, 4) is 16.9 Å². The van der Waals surface area contributed by atoms with Crippen LogP contribution < -0.4 is 10.1 Å². The molecule has 0 saturated carbocycles. The Hall–Kier alpha value is -3.93. The number of benzene rings is 3. The number of ether oxygens (including phenoxy) is 1. The van der Waals surface area contributed by atoms with Crippen LogP contribution in [0.4, 0.5) is 5.69 Å². The van der Waals surface area contributed by atoms with E-state index in [9.17, 15) is 14.4 Å². The Morgan fingerprint density at radius 1 is 0.800 bits per heavy atom. The Morgan fingerprint density at radius 3 is 1.94 bits per heavy atom. The quantitative estimate of drug-likeness (QED) is 0.280. The number of carboxylic acids is 1. The lowest BCUT2D eigenvalue weighted by atomic mass is 10.1. The van der Waals surface area contributed by atoms with Gasteiger partial charge in [0.1, 0.15) is 5.75 Å². The van der Waals surface area contributed by atoms with Crippen molar-refractivity contribution in [3.63, 3.8) is 0 Å². The Bertz CT molecular complexity index is 1110. The first-order chi connectivity index (χ1) is 16.7. The van der Waals surface area contributed by atoms with E-state index in [1.165, 1.54) is 0 Å². The lowest BCUT2D eigenvalue weighted by molar-refractivity contribution is -0.141. The molecule has 0 aromatic heterocycles. The van der Waals surface area contributed by atoms with E-state index in [0.717, 1.165) is 24.0 Å². The molecule has 0 fully saturated rings. The SMILES string of the molecule is CCC(C)C(=O)Nc1cccc(C(=O)Oc2ccc(-c3ccccc3)cc2)c1.CCC(C)C(=O)O. The smallest absolute Gasteiger partial charge is 0.343 e. The second kappa shape index (κ2) is 13.7. The molecule has 0 bridgehead atoms. The first kappa shape index (κ1) is 27.3. The molecule has 35 heavy (non-hydrogen) atoms. The van der Waals surface area contributed by atoms with Crippen molar-refractivity contribution in [3.05, 3.63) is 84.4 Å². The Morgan fingerprint density at radius 2 is 1.40 bits per heavy atom. The van der Waals surface area contributed by atoms with Gasteiger partial charge >= 0.3 is 11.9 Å². The normalized spacial score (nSPS) is 11.9. The van der Waals surface area contributed by atoms with Gasteiger partial charge in [-0.25, -0.2) is 4.79 Å². The topological polar surface area (TPSA) is 92.7 Å². The van der Waals surface area contributed by atoms with E-state index >= 15 is 0 Å². The molecular weight excluding hydrogens is 442 g/mol. The number of anilines is 1. The number of esters is 1. The standard InChI is InChI=1S/C24H23NO3.C5H10O2/c1-3-17(2)23(26)25-21-11-7-10-20(16-21)24(27)28-22-14-12-19(13-15-22)18-8-5-4-6-9-18;1-3-4(2)5(6)7/h4-17H,3H2,1-2H3,(H,25,26);4H,3H2,1-2H3,(H,6,7). The predicted molar refractivity (Wildman–Crippen MR) is 138 cm³/mol.